The highest BCUT2D eigenvalue weighted by Crippen LogP contribution is 2.22. The van der Waals surface area contributed by atoms with Crippen molar-refractivity contribution in [3.8, 4) is 0 Å². The summed E-state index contributed by atoms with van der Waals surface area (Å²) >= 11 is 6.08. The van der Waals surface area contributed by atoms with Crippen LogP contribution in [0.25, 0.3) is 0 Å². The monoisotopic (exact) mass is 371 g/mol. The van der Waals surface area contributed by atoms with Crippen molar-refractivity contribution in [2.24, 2.45) is 0 Å². The average molecular weight is 372 g/mol. The Bertz CT molecular complexity index is 770. The van der Waals surface area contributed by atoms with E-state index in [-0.39, 0.29) is 5.91 Å². The molecule has 1 aliphatic rings. The maximum atomic E-state index is 12.6. The third kappa shape index (κ3) is 4.31. The second kappa shape index (κ2) is 8.45. The van der Waals surface area contributed by atoms with Crippen molar-refractivity contribution in [1.29, 1.82) is 0 Å². The number of benzene rings is 2. The number of carbonyl (C=O) groups excluding carboxylic acids is 1. The van der Waals surface area contributed by atoms with E-state index in [0.29, 0.717) is 6.54 Å². The Balaban J connectivity index is 1.54. The molecule has 0 saturated carbocycles. The van der Waals surface area contributed by atoms with Crippen LogP contribution in [0.5, 0.6) is 0 Å². The van der Waals surface area contributed by atoms with Crippen molar-refractivity contribution in [1.82, 2.24) is 4.90 Å². The lowest BCUT2D eigenvalue weighted by Gasteiger charge is -2.36. The van der Waals surface area contributed by atoms with Crippen LogP contribution in [-0.2, 0) is 11.2 Å². The molecule has 3 rings (SSSR count). The molecule has 4 nitrogen and oxygen atoms in total. The Morgan fingerprint density at radius 3 is 2.54 bits per heavy atom. The van der Waals surface area contributed by atoms with E-state index in [1.807, 2.05) is 23.1 Å². The van der Waals surface area contributed by atoms with Crippen LogP contribution in [0, 0.1) is 6.92 Å². The smallest absolute Gasteiger partial charge is 0.241 e. The Kier molecular flexibility index (Phi) is 6.04. The highest BCUT2D eigenvalue weighted by molar-refractivity contribution is 6.30. The van der Waals surface area contributed by atoms with Crippen LogP contribution >= 0.6 is 11.6 Å². The van der Waals surface area contributed by atoms with Crippen molar-refractivity contribution < 1.29 is 4.79 Å². The fraction of sp³-hybridized carbons (Fsp3) is 0.381. The third-order valence-corrected chi connectivity index (χ3v) is 5.20. The van der Waals surface area contributed by atoms with E-state index in [9.17, 15) is 4.79 Å². The normalized spacial score (nSPS) is 14.4. The SMILES string of the molecule is CCc1cccc(C)c1NCC(=O)N1CCN(c2cccc(Cl)c2)CC1. The minimum absolute atomic E-state index is 0.154. The van der Waals surface area contributed by atoms with Crippen LogP contribution in [0.2, 0.25) is 5.02 Å². The van der Waals surface area contributed by atoms with Gasteiger partial charge >= 0.3 is 0 Å². The van der Waals surface area contributed by atoms with Gasteiger partial charge in [-0.05, 0) is 42.7 Å². The summed E-state index contributed by atoms with van der Waals surface area (Å²) in [6.45, 7) is 7.69. The molecular weight excluding hydrogens is 346 g/mol. The maximum Gasteiger partial charge on any atom is 0.241 e. The van der Waals surface area contributed by atoms with E-state index in [1.165, 1.54) is 11.1 Å². The van der Waals surface area contributed by atoms with Crippen molar-refractivity contribution in [2.75, 3.05) is 42.9 Å². The quantitative estimate of drug-likeness (QED) is 0.863. The summed E-state index contributed by atoms with van der Waals surface area (Å²) < 4.78 is 0. The minimum atomic E-state index is 0.154. The fourth-order valence-corrected chi connectivity index (χ4v) is 3.62. The zero-order chi connectivity index (χ0) is 18.5. The summed E-state index contributed by atoms with van der Waals surface area (Å²) in [7, 11) is 0. The molecule has 1 saturated heterocycles. The van der Waals surface area contributed by atoms with Crippen molar-refractivity contribution in [3.05, 3.63) is 58.6 Å². The number of nitrogens with zero attached hydrogens (tertiary/aromatic N) is 2. The summed E-state index contributed by atoms with van der Waals surface area (Å²) in [5.74, 6) is 0.154. The number of hydrogen-bond donors (Lipinski definition) is 1. The van der Waals surface area contributed by atoms with E-state index < -0.39 is 0 Å². The second-order valence-corrected chi connectivity index (χ2v) is 7.10. The van der Waals surface area contributed by atoms with E-state index in [0.717, 1.165) is 49.0 Å². The largest absolute Gasteiger partial charge is 0.376 e. The van der Waals surface area contributed by atoms with E-state index >= 15 is 0 Å². The second-order valence-electron chi connectivity index (χ2n) is 6.66. The number of piperazine rings is 1. The van der Waals surface area contributed by atoms with Gasteiger partial charge in [-0.3, -0.25) is 4.79 Å². The lowest BCUT2D eigenvalue weighted by Crippen LogP contribution is -2.50. The number of hydrogen-bond acceptors (Lipinski definition) is 3. The number of aryl methyl sites for hydroxylation is 2. The van der Waals surface area contributed by atoms with Gasteiger partial charge in [-0.1, -0.05) is 42.8 Å². The van der Waals surface area contributed by atoms with Gasteiger partial charge < -0.3 is 15.1 Å². The van der Waals surface area contributed by atoms with Gasteiger partial charge in [-0.2, -0.15) is 0 Å². The molecule has 0 unspecified atom stereocenters. The fourth-order valence-electron chi connectivity index (χ4n) is 3.44. The number of carbonyl (C=O) groups is 1. The molecule has 0 aromatic heterocycles. The number of halogens is 1. The van der Waals surface area contributed by atoms with Crippen LogP contribution in [0.4, 0.5) is 11.4 Å². The lowest BCUT2D eigenvalue weighted by molar-refractivity contribution is -0.129. The Morgan fingerprint density at radius 2 is 1.85 bits per heavy atom. The topological polar surface area (TPSA) is 35.6 Å². The lowest BCUT2D eigenvalue weighted by atomic mass is 10.1. The number of anilines is 2. The van der Waals surface area contributed by atoms with Gasteiger partial charge in [-0.15, -0.1) is 0 Å². The Hall–Kier alpha value is -2.20. The molecule has 138 valence electrons. The zero-order valence-electron chi connectivity index (χ0n) is 15.5. The summed E-state index contributed by atoms with van der Waals surface area (Å²) in [5.41, 5.74) is 4.66. The molecule has 2 aromatic rings. The Morgan fingerprint density at radius 1 is 1.12 bits per heavy atom. The molecule has 0 atom stereocenters. The van der Waals surface area contributed by atoms with E-state index in [4.69, 9.17) is 11.6 Å². The first-order valence-electron chi connectivity index (χ1n) is 9.19. The molecule has 0 bridgehead atoms. The highest BCUT2D eigenvalue weighted by Gasteiger charge is 2.21. The molecule has 0 radical (unpaired) electrons. The van der Waals surface area contributed by atoms with Gasteiger partial charge in [0.1, 0.15) is 0 Å². The first-order valence-corrected chi connectivity index (χ1v) is 9.57. The van der Waals surface area contributed by atoms with Gasteiger partial charge in [-0.25, -0.2) is 0 Å². The van der Waals surface area contributed by atoms with Gasteiger partial charge in [0, 0.05) is 42.6 Å². The predicted molar refractivity (Wildman–Crippen MR) is 109 cm³/mol. The molecular formula is C21H26ClN3O. The molecule has 1 heterocycles. The third-order valence-electron chi connectivity index (χ3n) is 4.96. The van der Waals surface area contributed by atoms with Crippen LogP contribution < -0.4 is 10.2 Å². The highest BCUT2D eigenvalue weighted by atomic mass is 35.5. The number of rotatable bonds is 5. The molecule has 26 heavy (non-hydrogen) atoms. The van der Waals surface area contributed by atoms with E-state index in [2.05, 4.69) is 48.3 Å². The molecule has 0 spiro atoms. The van der Waals surface area contributed by atoms with Crippen molar-refractivity contribution >= 4 is 28.9 Å². The van der Waals surface area contributed by atoms with Crippen LogP contribution in [0.1, 0.15) is 18.1 Å². The zero-order valence-corrected chi connectivity index (χ0v) is 16.2. The number of nitrogens with one attached hydrogen (secondary N) is 1. The Labute approximate surface area is 160 Å². The number of amides is 1. The van der Waals surface area contributed by atoms with Gasteiger partial charge in [0.2, 0.25) is 5.91 Å². The molecule has 1 aliphatic heterocycles. The number of para-hydroxylation sites is 1. The molecule has 5 heteroatoms. The average Bonchev–Trinajstić information content (AvgIpc) is 2.66. The summed E-state index contributed by atoms with van der Waals surface area (Å²) in [6, 6.07) is 14.1. The van der Waals surface area contributed by atoms with Crippen molar-refractivity contribution in [2.45, 2.75) is 20.3 Å². The molecule has 0 aliphatic carbocycles. The summed E-state index contributed by atoms with van der Waals surface area (Å²) in [6.07, 6.45) is 0.955. The standard InChI is InChI=1S/C21H26ClN3O/c1-3-17-7-4-6-16(2)21(17)23-15-20(26)25-12-10-24(11-13-25)19-9-5-8-18(22)14-19/h4-9,14,23H,3,10-13,15H2,1-2H3. The first-order chi connectivity index (χ1) is 12.6. The molecule has 1 fully saturated rings. The minimum Gasteiger partial charge on any atom is -0.376 e. The van der Waals surface area contributed by atoms with Crippen molar-refractivity contribution in [3.63, 3.8) is 0 Å². The molecule has 1 N–H and O–H groups in total. The van der Waals surface area contributed by atoms with Gasteiger partial charge in [0.15, 0.2) is 0 Å². The van der Waals surface area contributed by atoms with Crippen LogP contribution in [-0.4, -0.2) is 43.5 Å². The first kappa shape index (κ1) is 18.6. The summed E-state index contributed by atoms with van der Waals surface area (Å²) in [5, 5.41) is 4.10. The predicted octanol–water partition coefficient (Wildman–Crippen LogP) is 3.97. The molecule has 1 amide bonds. The van der Waals surface area contributed by atoms with Crippen LogP contribution in [0.15, 0.2) is 42.5 Å². The maximum absolute atomic E-state index is 12.6. The van der Waals surface area contributed by atoms with Gasteiger partial charge in [0.25, 0.3) is 0 Å². The van der Waals surface area contributed by atoms with Crippen LogP contribution in [0.3, 0.4) is 0 Å². The molecule has 2 aromatic carbocycles. The summed E-state index contributed by atoms with van der Waals surface area (Å²) in [4.78, 5) is 16.8. The van der Waals surface area contributed by atoms with Gasteiger partial charge in [0.05, 0.1) is 6.54 Å². The van der Waals surface area contributed by atoms with E-state index in [1.54, 1.807) is 0 Å².